The molecule has 0 spiro atoms. The van der Waals surface area contributed by atoms with Crippen molar-refractivity contribution in [3.05, 3.63) is 65.7 Å². The molecule has 0 fully saturated rings. The molecule has 2 aromatic rings. The molecule has 1 aliphatic rings. The van der Waals surface area contributed by atoms with Crippen LogP contribution in [0.2, 0.25) is 0 Å². The average Bonchev–Trinajstić information content (AvgIpc) is 2.99. The normalized spacial score (nSPS) is 16.3. The second-order valence-corrected chi connectivity index (χ2v) is 6.91. The fraction of sp³-hybridized carbons (Fsp3) is 0.316. The Kier molecular flexibility index (Phi) is 4.84. The van der Waals surface area contributed by atoms with Crippen molar-refractivity contribution < 1.29 is 4.79 Å². The number of amides is 1. The summed E-state index contributed by atoms with van der Waals surface area (Å²) in [4.78, 5) is 16.2. The van der Waals surface area contributed by atoms with Crippen molar-refractivity contribution in [3.8, 4) is 0 Å². The highest BCUT2D eigenvalue weighted by Crippen LogP contribution is 2.37. The number of thioether (sulfide) groups is 1. The van der Waals surface area contributed by atoms with Crippen LogP contribution in [-0.2, 0) is 17.8 Å². The number of benzene rings is 2. The standard InChI is InChI=1S/C19H21NOS/c1-2-12-20(14-15-8-4-3-5-9-15)19(21)18-13-16-10-6-7-11-17(16)22-18/h3-11,18H,2,12-14H2,1H3. The van der Waals surface area contributed by atoms with Gasteiger partial charge in [0.1, 0.15) is 0 Å². The van der Waals surface area contributed by atoms with Crippen LogP contribution in [0.3, 0.4) is 0 Å². The van der Waals surface area contributed by atoms with Crippen LogP contribution in [0, 0.1) is 0 Å². The molecule has 1 amide bonds. The molecular formula is C19H21NOS. The van der Waals surface area contributed by atoms with E-state index in [1.807, 2.05) is 29.2 Å². The Labute approximate surface area is 136 Å². The Morgan fingerprint density at radius 2 is 1.86 bits per heavy atom. The van der Waals surface area contributed by atoms with Gasteiger partial charge in [-0.1, -0.05) is 55.5 Å². The molecular weight excluding hydrogens is 290 g/mol. The van der Waals surface area contributed by atoms with Crippen molar-refractivity contribution in [2.75, 3.05) is 6.54 Å². The molecule has 0 aromatic heterocycles. The van der Waals surface area contributed by atoms with Gasteiger partial charge in [-0.2, -0.15) is 0 Å². The number of fused-ring (bicyclic) bond motifs is 1. The van der Waals surface area contributed by atoms with Crippen molar-refractivity contribution in [3.63, 3.8) is 0 Å². The van der Waals surface area contributed by atoms with Crippen LogP contribution in [0.4, 0.5) is 0 Å². The van der Waals surface area contributed by atoms with E-state index in [0.717, 1.165) is 19.4 Å². The maximum absolute atomic E-state index is 12.9. The predicted molar refractivity (Wildman–Crippen MR) is 91.9 cm³/mol. The van der Waals surface area contributed by atoms with E-state index in [1.54, 1.807) is 11.8 Å². The monoisotopic (exact) mass is 311 g/mol. The van der Waals surface area contributed by atoms with Gasteiger partial charge in [-0.3, -0.25) is 4.79 Å². The van der Waals surface area contributed by atoms with Crippen molar-refractivity contribution in [1.82, 2.24) is 4.90 Å². The van der Waals surface area contributed by atoms with Crippen LogP contribution < -0.4 is 0 Å². The Bertz CT molecular complexity index is 616. The largest absolute Gasteiger partial charge is 0.337 e. The van der Waals surface area contributed by atoms with E-state index in [0.29, 0.717) is 6.54 Å². The molecule has 0 bridgehead atoms. The van der Waals surface area contributed by atoms with Crippen LogP contribution >= 0.6 is 11.8 Å². The molecule has 0 aliphatic carbocycles. The lowest BCUT2D eigenvalue weighted by molar-refractivity contribution is -0.131. The van der Waals surface area contributed by atoms with E-state index in [4.69, 9.17) is 0 Å². The lowest BCUT2D eigenvalue weighted by Gasteiger charge is -2.25. The van der Waals surface area contributed by atoms with Crippen LogP contribution in [0.25, 0.3) is 0 Å². The van der Waals surface area contributed by atoms with Crippen LogP contribution in [0.5, 0.6) is 0 Å². The van der Waals surface area contributed by atoms with Gasteiger partial charge in [0.15, 0.2) is 0 Å². The van der Waals surface area contributed by atoms with Crippen molar-refractivity contribution in [2.24, 2.45) is 0 Å². The molecule has 2 aromatic carbocycles. The molecule has 1 aliphatic heterocycles. The summed E-state index contributed by atoms with van der Waals surface area (Å²) in [7, 11) is 0. The summed E-state index contributed by atoms with van der Waals surface area (Å²) in [6.45, 7) is 3.66. The second kappa shape index (κ2) is 7.01. The first-order chi connectivity index (χ1) is 10.8. The van der Waals surface area contributed by atoms with Gasteiger partial charge in [0.25, 0.3) is 0 Å². The summed E-state index contributed by atoms with van der Waals surface area (Å²) >= 11 is 1.72. The minimum Gasteiger partial charge on any atom is -0.337 e. The highest BCUT2D eigenvalue weighted by molar-refractivity contribution is 8.01. The summed E-state index contributed by atoms with van der Waals surface area (Å²) in [6.07, 6.45) is 1.84. The summed E-state index contributed by atoms with van der Waals surface area (Å²) < 4.78 is 0. The highest BCUT2D eigenvalue weighted by atomic mass is 32.2. The van der Waals surface area contributed by atoms with Gasteiger partial charge in [0, 0.05) is 18.0 Å². The van der Waals surface area contributed by atoms with Crippen molar-refractivity contribution >= 4 is 17.7 Å². The third-order valence-electron chi connectivity index (χ3n) is 3.94. The zero-order valence-corrected chi connectivity index (χ0v) is 13.7. The second-order valence-electron chi connectivity index (χ2n) is 5.66. The van der Waals surface area contributed by atoms with Crippen LogP contribution in [0.15, 0.2) is 59.5 Å². The summed E-state index contributed by atoms with van der Waals surface area (Å²) in [5, 5.41) is 0.0349. The smallest absolute Gasteiger partial charge is 0.236 e. The third kappa shape index (κ3) is 3.36. The minimum absolute atomic E-state index is 0.0349. The lowest BCUT2D eigenvalue weighted by Crippen LogP contribution is -2.37. The lowest BCUT2D eigenvalue weighted by atomic mass is 10.1. The Balaban J connectivity index is 1.71. The van der Waals surface area contributed by atoms with Gasteiger partial charge in [0.2, 0.25) is 5.91 Å². The molecule has 0 radical (unpaired) electrons. The van der Waals surface area contributed by atoms with E-state index in [9.17, 15) is 4.79 Å². The van der Waals surface area contributed by atoms with E-state index < -0.39 is 0 Å². The molecule has 22 heavy (non-hydrogen) atoms. The maximum atomic E-state index is 12.9. The first-order valence-corrected chi connectivity index (χ1v) is 8.73. The first kappa shape index (κ1) is 15.2. The quantitative estimate of drug-likeness (QED) is 0.827. The number of rotatable bonds is 5. The van der Waals surface area contributed by atoms with E-state index in [-0.39, 0.29) is 11.2 Å². The highest BCUT2D eigenvalue weighted by Gasteiger charge is 2.31. The first-order valence-electron chi connectivity index (χ1n) is 7.85. The molecule has 114 valence electrons. The van der Waals surface area contributed by atoms with Crippen LogP contribution in [-0.4, -0.2) is 22.6 Å². The molecule has 1 atom stereocenters. The zero-order valence-electron chi connectivity index (χ0n) is 12.9. The fourth-order valence-electron chi connectivity index (χ4n) is 2.86. The Morgan fingerprint density at radius 3 is 2.59 bits per heavy atom. The van der Waals surface area contributed by atoms with Gasteiger partial charge < -0.3 is 4.90 Å². The fourth-order valence-corrected chi connectivity index (χ4v) is 4.14. The number of hydrogen-bond donors (Lipinski definition) is 0. The Hall–Kier alpha value is -1.74. The molecule has 1 unspecified atom stereocenters. The van der Waals surface area contributed by atoms with Crippen LogP contribution in [0.1, 0.15) is 24.5 Å². The van der Waals surface area contributed by atoms with Gasteiger partial charge in [-0.25, -0.2) is 0 Å². The van der Waals surface area contributed by atoms with E-state index in [1.165, 1.54) is 16.0 Å². The van der Waals surface area contributed by atoms with Gasteiger partial charge in [0.05, 0.1) is 5.25 Å². The summed E-state index contributed by atoms with van der Waals surface area (Å²) in [5.41, 5.74) is 2.51. The maximum Gasteiger partial charge on any atom is 0.236 e. The molecule has 2 nitrogen and oxygen atoms in total. The van der Waals surface area contributed by atoms with E-state index >= 15 is 0 Å². The molecule has 1 heterocycles. The number of nitrogens with zero attached hydrogens (tertiary/aromatic N) is 1. The molecule has 0 saturated carbocycles. The SMILES string of the molecule is CCCN(Cc1ccccc1)C(=O)C1Cc2ccccc2S1. The van der Waals surface area contributed by atoms with Gasteiger partial charge >= 0.3 is 0 Å². The number of carbonyl (C=O) groups is 1. The molecule has 0 N–H and O–H groups in total. The van der Waals surface area contributed by atoms with Gasteiger partial charge in [-0.15, -0.1) is 11.8 Å². The Morgan fingerprint density at radius 1 is 1.14 bits per heavy atom. The third-order valence-corrected chi connectivity index (χ3v) is 5.25. The van der Waals surface area contributed by atoms with Crippen molar-refractivity contribution in [1.29, 1.82) is 0 Å². The average molecular weight is 311 g/mol. The number of carbonyl (C=O) groups excluding carboxylic acids is 1. The zero-order chi connectivity index (χ0) is 15.4. The predicted octanol–water partition coefficient (Wildman–Crippen LogP) is 4.14. The van der Waals surface area contributed by atoms with E-state index in [2.05, 4.69) is 37.3 Å². The number of hydrogen-bond acceptors (Lipinski definition) is 2. The minimum atomic E-state index is 0.0349. The topological polar surface area (TPSA) is 20.3 Å². The molecule has 3 rings (SSSR count). The van der Waals surface area contributed by atoms with Gasteiger partial charge in [-0.05, 0) is 30.0 Å². The molecule has 0 saturated heterocycles. The van der Waals surface area contributed by atoms with Crippen molar-refractivity contribution in [2.45, 2.75) is 36.5 Å². The summed E-state index contributed by atoms with van der Waals surface area (Å²) in [5.74, 6) is 0.270. The summed E-state index contributed by atoms with van der Waals surface area (Å²) in [6, 6.07) is 18.6. The molecule has 3 heteroatoms.